The van der Waals surface area contributed by atoms with Crippen LogP contribution in [0.5, 0.6) is 0 Å². The number of hydrogen-bond acceptors (Lipinski definition) is 1. The van der Waals surface area contributed by atoms with Crippen molar-refractivity contribution in [3.63, 3.8) is 0 Å². The Morgan fingerprint density at radius 2 is 2.16 bits per heavy atom. The Hall–Kier alpha value is -0.730. The van der Waals surface area contributed by atoms with Gasteiger partial charge in [0.15, 0.2) is 0 Å². The van der Waals surface area contributed by atoms with Crippen molar-refractivity contribution >= 4 is 29.1 Å². The lowest BCUT2D eigenvalue weighted by Gasteiger charge is -2.31. The number of likely N-dealkylation sites (tertiary alicyclic amines) is 1. The zero-order valence-corrected chi connectivity index (χ0v) is 12.7. The molecule has 0 N–H and O–H groups in total. The van der Waals surface area contributed by atoms with Gasteiger partial charge in [-0.3, -0.25) is 4.79 Å². The van der Waals surface area contributed by atoms with Crippen LogP contribution in [0.25, 0.3) is 0 Å². The molecule has 0 spiro atoms. The Morgan fingerprint density at radius 1 is 1.37 bits per heavy atom. The van der Waals surface area contributed by atoms with E-state index in [0.29, 0.717) is 22.4 Å². The largest absolute Gasteiger partial charge is 0.342 e. The lowest BCUT2D eigenvalue weighted by molar-refractivity contribution is -0.132. The number of carbonyl (C=O) groups excluding carboxylic acids is 1. The van der Waals surface area contributed by atoms with Gasteiger partial charge in [0.2, 0.25) is 5.91 Å². The predicted octanol–water partition coefficient (Wildman–Crippen LogP) is 4.18. The van der Waals surface area contributed by atoms with E-state index in [1.54, 1.807) is 6.07 Å². The second kappa shape index (κ2) is 6.62. The van der Waals surface area contributed by atoms with Crippen LogP contribution in [-0.4, -0.2) is 23.9 Å². The normalized spacial score (nSPS) is 19.5. The van der Waals surface area contributed by atoms with Gasteiger partial charge >= 0.3 is 0 Å². The van der Waals surface area contributed by atoms with E-state index in [2.05, 4.69) is 6.92 Å². The van der Waals surface area contributed by atoms with Crippen LogP contribution in [0.1, 0.15) is 31.7 Å². The Kier molecular flexibility index (Phi) is 5.12. The quantitative estimate of drug-likeness (QED) is 0.820. The molecule has 0 aliphatic carbocycles. The summed E-state index contributed by atoms with van der Waals surface area (Å²) in [5, 5.41) is 1.11. The monoisotopic (exact) mass is 299 g/mol. The third-order valence-electron chi connectivity index (χ3n) is 3.62. The van der Waals surface area contributed by atoms with Crippen LogP contribution >= 0.6 is 23.2 Å². The van der Waals surface area contributed by atoms with Crippen LogP contribution in [0.15, 0.2) is 18.2 Å². The molecule has 1 aromatic carbocycles. The van der Waals surface area contributed by atoms with Gasteiger partial charge in [0, 0.05) is 19.5 Å². The van der Waals surface area contributed by atoms with Crippen molar-refractivity contribution in [3.05, 3.63) is 33.8 Å². The molecule has 1 aliphatic rings. The maximum atomic E-state index is 12.1. The molecule has 0 unspecified atom stereocenters. The number of halogens is 2. The minimum absolute atomic E-state index is 0.248. The van der Waals surface area contributed by atoms with Gasteiger partial charge in [0.25, 0.3) is 0 Å². The second-order valence-electron chi connectivity index (χ2n) is 5.34. The molecule has 2 nitrogen and oxygen atoms in total. The highest BCUT2D eigenvalue weighted by atomic mass is 35.5. The van der Waals surface area contributed by atoms with E-state index in [1.165, 1.54) is 6.42 Å². The van der Waals surface area contributed by atoms with E-state index in [9.17, 15) is 4.79 Å². The number of aryl methyl sites for hydroxylation is 1. The smallest absolute Gasteiger partial charge is 0.222 e. The minimum atomic E-state index is 0.248. The summed E-state index contributed by atoms with van der Waals surface area (Å²) in [6.07, 6.45) is 3.63. The summed E-state index contributed by atoms with van der Waals surface area (Å²) in [5.41, 5.74) is 1.06. The fourth-order valence-electron chi connectivity index (χ4n) is 2.52. The molecule has 0 bridgehead atoms. The summed E-state index contributed by atoms with van der Waals surface area (Å²) in [5.74, 6) is 0.875. The fraction of sp³-hybridized carbons (Fsp3) is 0.533. The van der Waals surface area contributed by atoms with Crippen molar-refractivity contribution in [2.75, 3.05) is 13.1 Å². The Balaban J connectivity index is 1.87. The molecule has 2 rings (SSSR count). The van der Waals surface area contributed by atoms with E-state index >= 15 is 0 Å². The fourth-order valence-corrected chi connectivity index (χ4v) is 2.84. The zero-order chi connectivity index (χ0) is 13.8. The van der Waals surface area contributed by atoms with Crippen molar-refractivity contribution in [2.45, 2.75) is 32.6 Å². The maximum absolute atomic E-state index is 12.1. The highest BCUT2D eigenvalue weighted by Crippen LogP contribution is 2.23. The number of nitrogens with zero attached hydrogens (tertiary/aromatic N) is 1. The van der Waals surface area contributed by atoms with Crippen molar-refractivity contribution in [1.82, 2.24) is 4.90 Å². The molecule has 104 valence electrons. The molecule has 1 atom stereocenters. The predicted molar refractivity (Wildman–Crippen MR) is 79.8 cm³/mol. The van der Waals surface area contributed by atoms with Crippen LogP contribution in [-0.2, 0) is 11.2 Å². The Labute approximate surface area is 124 Å². The van der Waals surface area contributed by atoms with Gasteiger partial charge in [0.1, 0.15) is 0 Å². The molecule has 4 heteroatoms. The topological polar surface area (TPSA) is 20.3 Å². The van der Waals surface area contributed by atoms with Crippen molar-refractivity contribution in [3.8, 4) is 0 Å². The molecular weight excluding hydrogens is 281 g/mol. The Morgan fingerprint density at radius 3 is 2.84 bits per heavy atom. The molecule has 1 aliphatic heterocycles. The maximum Gasteiger partial charge on any atom is 0.222 e. The molecule has 0 saturated carbocycles. The summed E-state index contributed by atoms with van der Waals surface area (Å²) < 4.78 is 0. The third-order valence-corrected chi connectivity index (χ3v) is 4.36. The molecule has 1 amide bonds. The molecule has 1 saturated heterocycles. The molecule has 1 heterocycles. The minimum Gasteiger partial charge on any atom is -0.342 e. The van der Waals surface area contributed by atoms with E-state index in [0.717, 1.165) is 31.5 Å². The summed E-state index contributed by atoms with van der Waals surface area (Å²) in [6.45, 7) is 4.02. The standard InChI is InChI=1S/C15H19Cl2NO/c1-11-3-2-8-18(10-11)15(19)7-5-12-4-6-13(16)14(17)9-12/h4,6,9,11H,2-3,5,7-8,10H2,1H3/t11-/m1/s1. The number of amides is 1. The second-order valence-corrected chi connectivity index (χ2v) is 6.15. The first-order chi connectivity index (χ1) is 9.06. The number of hydrogen-bond donors (Lipinski definition) is 0. The number of benzene rings is 1. The van der Waals surface area contributed by atoms with Crippen LogP contribution in [0.4, 0.5) is 0 Å². The molecule has 19 heavy (non-hydrogen) atoms. The summed E-state index contributed by atoms with van der Waals surface area (Å²) in [4.78, 5) is 14.1. The Bertz CT molecular complexity index is 461. The summed E-state index contributed by atoms with van der Waals surface area (Å²) in [7, 11) is 0. The third kappa shape index (κ3) is 4.12. The van der Waals surface area contributed by atoms with Crippen LogP contribution < -0.4 is 0 Å². The lowest BCUT2D eigenvalue weighted by Crippen LogP contribution is -2.39. The van der Waals surface area contributed by atoms with Crippen LogP contribution in [0, 0.1) is 5.92 Å². The molecule has 0 radical (unpaired) electrons. The van der Waals surface area contributed by atoms with Crippen molar-refractivity contribution in [1.29, 1.82) is 0 Å². The zero-order valence-electron chi connectivity index (χ0n) is 11.2. The highest BCUT2D eigenvalue weighted by molar-refractivity contribution is 6.42. The average molecular weight is 300 g/mol. The van der Waals surface area contributed by atoms with E-state index in [-0.39, 0.29) is 5.91 Å². The first-order valence-corrected chi connectivity index (χ1v) is 7.53. The van der Waals surface area contributed by atoms with Gasteiger partial charge in [-0.05, 0) is 42.9 Å². The van der Waals surface area contributed by atoms with Gasteiger partial charge in [-0.1, -0.05) is 36.2 Å². The molecule has 1 fully saturated rings. The molecule has 1 aromatic rings. The summed E-state index contributed by atoms with van der Waals surface area (Å²) >= 11 is 11.8. The SMILES string of the molecule is C[C@@H]1CCCN(C(=O)CCc2ccc(Cl)c(Cl)c2)C1. The van der Waals surface area contributed by atoms with E-state index in [4.69, 9.17) is 23.2 Å². The van der Waals surface area contributed by atoms with Gasteiger partial charge in [-0.25, -0.2) is 0 Å². The number of carbonyl (C=O) groups is 1. The number of rotatable bonds is 3. The highest BCUT2D eigenvalue weighted by Gasteiger charge is 2.20. The first-order valence-electron chi connectivity index (χ1n) is 6.78. The van der Waals surface area contributed by atoms with Crippen LogP contribution in [0.3, 0.4) is 0 Å². The van der Waals surface area contributed by atoms with Crippen LogP contribution in [0.2, 0.25) is 10.0 Å². The van der Waals surface area contributed by atoms with Gasteiger partial charge in [0.05, 0.1) is 10.0 Å². The average Bonchev–Trinajstić information content (AvgIpc) is 2.40. The van der Waals surface area contributed by atoms with Gasteiger partial charge < -0.3 is 4.90 Å². The number of piperidine rings is 1. The summed E-state index contributed by atoms with van der Waals surface area (Å²) in [6, 6.07) is 5.56. The van der Waals surface area contributed by atoms with Crippen molar-refractivity contribution < 1.29 is 4.79 Å². The van der Waals surface area contributed by atoms with E-state index in [1.807, 2.05) is 17.0 Å². The van der Waals surface area contributed by atoms with Crippen molar-refractivity contribution in [2.24, 2.45) is 5.92 Å². The van der Waals surface area contributed by atoms with Gasteiger partial charge in [-0.15, -0.1) is 0 Å². The molecule has 0 aromatic heterocycles. The molecular formula is C15H19Cl2NO. The van der Waals surface area contributed by atoms with Gasteiger partial charge in [-0.2, -0.15) is 0 Å². The lowest BCUT2D eigenvalue weighted by atomic mass is 9.99. The van der Waals surface area contributed by atoms with E-state index < -0.39 is 0 Å². The first kappa shape index (κ1) is 14.7.